The Hall–Kier alpha value is -2.67. The number of carbonyl (C=O) groups is 3. The number of hydrogen-bond acceptors (Lipinski definition) is 4. The molecule has 3 rings (SSSR count). The Kier molecular flexibility index (Phi) is 7.04. The van der Waals surface area contributed by atoms with Crippen LogP contribution in [0.1, 0.15) is 64.8 Å². The van der Waals surface area contributed by atoms with E-state index < -0.39 is 6.04 Å². The Balaban J connectivity index is 1.56. The fourth-order valence-corrected chi connectivity index (χ4v) is 4.77. The minimum atomic E-state index is -0.453. The summed E-state index contributed by atoms with van der Waals surface area (Å²) in [5.74, 6) is -0.198. The summed E-state index contributed by atoms with van der Waals surface area (Å²) in [6, 6.07) is 10.8. The highest BCUT2D eigenvalue weighted by Crippen LogP contribution is 2.33. The SMILES string of the molecule is CC[C@H]1CCc2sc(C(=O)NNC(=O)C[C@@H](NC(C)=O)c3ccccc3)cc2C1. The van der Waals surface area contributed by atoms with E-state index in [0.29, 0.717) is 10.8 Å². The van der Waals surface area contributed by atoms with Crippen LogP contribution in [0.15, 0.2) is 36.4 Å². The van der Waals surface area contributed by atoms with Gasteiger partial charge in [-0.25, -0.2) is 0 Å². The standard InChI is InChI=1S/C22H27N3O3S/c1-3-15-9-10-19-17(11-15)12-20(29-19)22(28)25-24-21(27)13-18(23-14(2)26)16-7-5-4-6-8-16/h4-8,12,15,18H,3,9-11,13H2,1-2H3,(H,23,26)(H,24,27)(H,25,28)/t15-,18+/m0/s1. The first-order valence-electron chi connectivity index (χ1n) is 9.99. The van der Waals surface area contributed by atoms with Crippen LogP contribution in [0.4, 0.5) is 0 Å². The van der Waals surface area contributed by atoms with Crippen LogP contribution in [0.2, 0.25) is 0 Å². The van der Waals surface area contributed by atoms with Crippen molar-refractivity contribution in [2.75, 3.05) is 0 Å². The van der Waals surface area contributed by atoms with Crippen LogP contribution in [0.5, 0.6) is 0 Å². The summed E-state index contributed by atoms with van der Waals surface area (Å²) in [6.07, 6.45) is 4.41. The first kappa shape index (κ1) is 21.0. The summed E-state index contributed by atoms with van der Waals surface area (Å²) in [6.45, 7) is 3.62. The molecule has 1 aromatic heterocycles. The number of rotatable bonds is 6. The lowest BCUT2D eigenvalue weighted by atomic mass is 9.87. The summed E-state index contributed by atoms with van der Waals surface area (Å²) < 4.78 is 0. The van der Waals surface area contributed by atoms with Gasteiger partial charge in [-0.05, 0) is 42.4 Å². The van der Waals surface area contributed by atoms with E-state index in [1.165, 1.54) is 35.1 Å². The first-order chi connectivity index (χ1) is 14.0. The molecule has 0 unspecified atom stereocenters. The summed E-state index contributed by atoms with van der Waals surface area (Å²) in [5, 5.41) is 2.78. The fourth-order valence-electron chi connectivity index (χ4n) is 3.67. The molecule has 3 amide bonds. The molecule has 29 heavy (non-hydrogen) atoms. The number of hydrogen-bond donors (Lipinski definition) is 3. The van der Waals surface area contributed by atoms with Gasteiger partial charge in [0.15, 0.2) is 0 Å². The van der Waals surface area contributed by atoms with Gasteiger partial charge >= 0.3 is 0 Å². The Bertz CT molecular complexity index is 879. The number of fused-ring (bicyclic) bond motifs is 1. The van der Waals surface area contributed by atoms with Crippen LogP contribution < -0.4 is 16.2 Å². The van der Waals surface area contributed by atoms with E-state index in [1.807, 2.05) is 36.4 Å². The number of amides is 3. The van der Waals surface area contributed by atoms with Crippen molar-refractivity contribution >= 4 is 29.1 Å². The molecular weight excluding hydrogens is 386 g/mol. The third-order valence-corrected chi connectivity index (χ3v) is 6.51. The molecule has 7 heteroatoms. The highest BCUT2D eigenvalue weighted by Gasteiger charge is 2.22. The molecule has 0 aliphatic heterocycles. The van der Waals surface area contributed by atoms with E-state index in [2.05, 4.69) is 23.1 Å². The van der Waals surface area contributed by atoms with Crippen LogP contribution in [0, 0.1) is 5.92 Å². The third kappa shape index (κ3) is 5.67. The van der Waals surface area contributed by atoms with Crippen LogP contribution >= 0.6 is 11.3 Å². The van der Waals surface area contributed by atoms with Crippen LogP contribution in [-0.4, -0.2) is 17.7 Å². The van der Waals surface area contributed by atoms with Gasteiger partial charge in [-0.1, -0.05) is 43.7 Å². The molecule has 0 fully saturated rings. The zero-order valence-electron chi connectivity index (χ0n) is 16.8. The van der Waals surface area contributed by atoms with E-state index in [-0.39, 0.29) is 24.1 Å². The van der Waals surface area contributed by atoms with Crippen LogP contribution in [0.3, 0.4) is 0 Å². The van der Waals surface area contributed by atoms with E-state index in [4.69, 9.17) is 0 Å². The minimum absolute atomic E-state index is 0.0307. The van der Waals surface area contributed by atoms with E-state index >= 15 is 0 Å². The zero-order chi connectivity index (χ0) is 20.8. The van der Waals surface area contributed by atoms with Crippen molar-refractivity contribution in [3.63, 3.8) is 0 Å². The molecule has 0 bridgehead atoms. The number of carbonyl (C=O) groups excluding carboxylic acids is 3. The van der Waals surface area contributed by atoms with Crippen molar-refractivity contribution in [2.24, 2.45) is 5.92 Å². The summed E-state index contributed by atoms with van der Waals surface area (Å²) >= 11 is 1.51. The maximum Gasteiger partial charge on any atom is 0.279 e. The van der Waals surface area contributed by atoms with Gasteiger partial charge in [0, 0.05) is 11.8 Å². The summed E-state index contributed by atoms with van der Waals surface area (Å²) in [5.41, 5.74) is 7.07. The van der Waals surface area contributed by atoms with Crippen molar-refractivity contribution < 1.29 is 14.4 Å². The topological polar surface area (TPSA) is 87.3 Å². The van der Waals surface area contributed by atoms with Crippen molar-refractivity contribution in [2.45, 2.75) is 52.0 Å². The molecule has 1 aliphatic rings. The minimum Gasteiger partial charge on any atom is -0.349 e. The maximum atomic E-state index is 12.5. The first-order valence-corrected chi connectivity index (χ1v) is 10.8. The van der Waals surface area contributed by atoms with E-state index in [1.54, 1.807) is 0 Å². The van der Waals surface area contributed by atoms with Gasteiger partial charge < -0.3 is 5.32 Å². The Morgan fingerprint density at radius 3 is 2.62 bits per heavy atom. The monoisotopic (exact) mass is 413 g/mol. The summed E-state index contributed by atoms with van der Waals surface area (Å²) in [4.78, 5) is 38.2. The highest BCUT2D eigenvalue weighted by atomic mass is 32.1. The van der Waals surface area contributed by atoms with Gasteiger partial charge in [0.25, 0.3) is 5.91 Å². The Morgan fingerprint density at radius 2 is 1.93 bits per heavy atom. The maximum absolute atomic E-state index is 12.5. The normalized spacial score (nSPS) is 16.4. The average Bonchev–Trinajstić information content (AvgIpc) is 3.15. The van der Waals surface area contributed by atoms with Gasteiger partial charge in [-0.15, -0.1) is 11.3 Å². The number of aryl methyl sites for hydroxylation is 1. The van der Waals surface area contributed by atoms with Gasteiger partial charge in [0.2, 0.25) is 11.8 Å². The van der Waals surface area contributed by atoms with Crippen molar-refractivity contribution in [1.29, 1.82) is 0 Å². The molecule has 0 saturated heterocycles. The predicted octanol–water partition coefficient (Wildman–Crippen LogP) is 3.29. The smallest absolute Gasteiger partial charge is 0.279 e. The van der Waals surface area contributed by atoms with E-state index in [0.717, 1.165) is 24.8 Å². The third-order valence-electron chi connectivity index (χ3n) is 5.27. The van der Waals surface area contributed by atoms with Crippen LogP contribution in [0.25, 0.3) is 0 Å². The second kappa shape index (κ2) is 9.69. The largest absolute Gasteiger partial charge is 0.349 e. The molecule has 1 aliphatic carbocycles. The second-order valence-electron chi connectivity index (χ2n) is 7.45. The van der Waals surface area contributed by atoms with Crippen molar-refractivity contribution in [1.82, 2.24) is 16.2 Å². The van der Waals surface area contributed by atoms with Crippen molar-refractivity contribution in [3.05, 3.63) is 57.3 Å². The molecule has 2 aromatic rings. The molecule has 154 valence electrons. The molecule has 0 spiro atoms. The number of nitrogens with one attached hydrogen (secondary N) is 3. The Morgan fingerprint density at radius 1 is 1.17 bits per heavy atom. The lowest BCUT2D eigenvalue weighted by molar-refractivity contribution is -0.123. The average molecular weight is 414 g/mol. The lowest BCUT2D eigenvalue weighted by Crippen LogP contribution is -2.43. The van der Waals surface area contributed by atoms with Crippen molar-refractivity contribution in [3.8, 4) is 0 Å². The number of hydrazine groups is 1. The van der Waals surface area contributed by atoms with Gasteiger partial charge in [0.1, 0.15) is 0 Å². The molecule has 6 nitrogen and oxygen atoms in total. The van der Waals surface area contributed by atoms with Crippen LogP contribution in [-0.2, 0) is 22.4 Å². The molecule has 0 saturated carbocycles. The molecule has 1 aromatic carbocycles. The second-order valence-corrected chi connectivity index (χ2v) is 8.58. The highest BCUT2D eigenvalue weighted by molar-refractivity contribution is 7.14. The van der Waals surface area contributed by atoms with Gasteiger partial charge in [-0.2, -0.15) is 0 Å². The number of benzene rings is 1. The Labute approximate surface area is 175 Å². The molecular formula is C22H27N3O3S. The van der Waals surface area contributed by atoms with Gasteiger partial charge in [-0.3, -0.25) is 25.2 Å². The zero-order valence-corrected chi connectivity index (χ0v) is 17.6. The molecule has 0 radical (unpaired) electrons. The molecule has 3 N–H and O–H groups in total. The molecule has 2 atom stereocenters. The lowest BCUT2D eigenvalue weighted by Gasteiger charge is -2.19. The number of thiophene rings is 1. The van der Waals surface area contributed by atoms with Gasteiger partial charge in [0.05, 0.1) is 17.3 Å². The van der Waals surface area contributed by atoms with E-state index in [9.17, 15) is 14.4 Å². The quantitative estimate of drug-likeness (QED) is 0.635. The fraction of sp³-hybridized carbons (Fsp3) is 0.409. The predicted molar refractivity (Wildman–Crippen MR) is 113 cm³/mol. The molecule has 1 heterocycles. The summed E-state index contributed by atoms with van der Waals surface area (Å²) in [7, 11) is 0.